The Morgan fingerprint density at radius 1 is 1.36 bits per heavy atom. The van der Waals surface area contributed by atoms with Crippen LogP contribution in [-0.4, -0.2) is 32.9 Å². The number of likely N-dealkylation sites (tertiary alicyclic amines) is 1. The van der Waals surface area contributed by atoms with E-state index in [1.54, 1.807) is 24.7 Å². The second-order valence-corrected chi connectivity index (χ2v) is 6.22. The van der Waals surface area contributed by atoms with Gasteiger partial charge >= 0.3 is 0 Å². The van der Waals surface area contributed by atoms with Crippen LogP contribution in [0, 0.1) is 0 Å². The molecule has 2 aromatic rings. The highest BCUT2D eigenvalue weighted by Gasteiger charge is 2.30. The van der Waals surface area contributed by atoms with Gasteiger partial charge in [0, 0.05) is 37.1 Å². The van der Waals surface area contributed by atoms with E-state index < -0.39 is 0 Å². The number of amides is 1. The first-order valence-corrected chi connectivity index (χ1v) is 7.83. The maximum Gasteiger partial charge on any atom is 0.254 e. The van der Waals surface area contributed by atoms with Crippen molar-refractivity contribution in [3.63, 3.8) is 0 Å². The lowest BCUT2D eigenvalue weighted by Crippen LogP contribution is -2.38. The Labute approximate surface area is 138 Å². The van der Waals surface area contributed by atoms with Crippen molar-refractivity contribution in [3.05, 3.63) is 46.5 Å². The summed E-state index contributed by atoms with van der Waals surface area (Å²) in [5.41, 5.74) is 6.50. The van der Waals surface area contributed by atoms with Crippen LogP contribution >= 0.6 is 23.2 Å². The zero-order valence-electron chi connectivity index (χ0n) is 11.9. The van der Waals surface area contributed by atoms with Crippen LogP contribution in [0.5, 0.6) is 0 Å². The van der Waals surface area contributed by atoms with E-state index in [0.717, 1.165) is 25.9 Å². The molecule has 3 rings (SSSR count). The molecule has 1 fully saturated rings. The smallest absolute Gasteiger partial charge is 0.254 e. The molecular weight excluding hydrogens is 323 g/mol. The summed E-state index contributed by atoms with van der Waals surface area (Å²) in [6.07, 6.45) is 7.36. The van der Waals surface area contributed by atoms with Gasteiger partial charge < -0.3 is 15.2 Å². The van der Waals surface area contributed by atoms with Gasteiger partial charge in [0.25, 0.3) is 5.91 Å². The number of hydrogen-bond acceptors (Lipinski definition) is 3. The molecule has 1 aromatic heterocycles. The Kier molecular flexibility index (Phi) is 4.27. The average Bonchev–Trinajstić information content (AvgIpc) is 3.15. The van der Waals surface area contributed by atoms with Gasteiger partial charge in [-0.25, -0.2) is 4.98 Å². The number of nitrogens with zero attached hydrogens (tertiary/aromatic N) is 3. The lowest BCUT2D eigenvalue weighted by atomic mass is 10.1. The number of nitrogen functional groups attached to an aromatic ring is 1. The fraction of sp³-hybridized carbons (Fsp3) is 0.333. The molecule has 1 aliphatic rings. The monoisotopic (exact) mass is 338 g/mol. The van der Waals surface area contributed by atoms with E-state index in [1.807, 2.05) is 15.7 Å². The molecular formula is C15H16Cl2N4O. The van der Waals surface area contributed by atoms with Crippen molar-refractivity contribution in [1.82, 2.24) is 14.5 Å². The average molecular weight is 339 g/mol. The van der Waals surface area contributed by atoms with E-state index in [2.05, 4.69) is 4.98 Å². The fourth-order valence-corrected chi connectivity index (χ4v) is 3.29. The van der Waals surface area contributed by atoms with E-state index in [0.29, 0.717) is 21.3 Å². The maximum absolute atomic E-state index is 12.7. The zero-order chi connectivity index (χ0) is 15.7. The second-order valence-electron chi connectivity index (χ2n) is 5.41. The van der Waals surface area contributed by atoms with E-state index in [-0.39, 0.29) is 11.9 Å². The molecule has 116 valence electrons. The molecule has 1 atom stereocenters. The van der Waals surface area contributed by atoms with Gasteiger partial charge in [0.15, 0.2) is 0 Å². The van der Waals surface area contributed by atoms with Crippen molar-refractivity contribution in [2.24, 2.45) is 0 Å². The first-order valence-electron chi connectivity index (χ1n) is 7.07. The third-order valence-electron chi connectivity index (χ3n) is 3.94. The molecule has 0 saturated carbocycles. The Bertz CT molecular complexity index is 664. The first-order chi connectivity index (χ1) is 10.6. The molecule has 0 spiro atoms. The van der Waals surface area contributed by atoms with Gasteiger partial charge in [-0.15, -0.1) is 0 Å². The predicted octanol–water partition coefficient (Wildman–Crippen LogP) is 3.08. The third kappa shape index (κ3) is 2.91. The minimum absolute atomic E-state index is 0.0635. The minimum atomic E-state index is -0.0635. The largest absolute Gasteiger partial charge is 0.396 e. The molecule has 1 amide bonds. The number of hydrogen-bond donors (Lipinski definition) is 1. The van der Waals surface area contributed by atoms with Crippen LogP contribution in [0.4, 0.5) is 5.69 Å². The highest BCUT2D eigenvalue weighted by molar-refractivity contribution is 6.39. The van der Waals surface area contributed by atoms with Gasteiger partial charge in [-0.3, -0.25) is 4.79 Å². The van der Waals surface area contributed by atoms with Gasteiger partial charge in [0.2, 0.25) is 0 Å². The Morgan fingerprint density at radius 2 is 2.09 bits per heavy atom. The van der Waals surface area contributed by atoms with Crippen LogP contribution in [0.1, 0.15) is 23.2 Å². The number of rotatable bonds is 3. The summed E-state index contributed by atoms with van der Waals surface area (Å²) < 4.78 is 1.99. The number of benzene rings is 1. The van der Waals surface area contributed by atoms with E-state index >= 15 is 0 Å². The van der Waals surface area contributed by atoms with Crippen molar-refractivity contribution in [2.45, 2.75) is 25.4 Å². The van der Waals surface area contributed by atoms with E-state index in [1.165, 1.54) is 0 Å². The maximum atomic E-state index is 12.7. The van der Waals surface area contributed by atoms with Crippen molar-refractivity contribution in [2.75, 3.05) is 12.3 Å². The lowest BCUT2D eigenvalue weighted by molar-refractivity contribution is 0.0724. The van der Waals surface area contributed by atoms with Crippen molar-refractivity contribution in [1.29, 1.82) is 0 Å². The van der Waals surface area contributed by atoms with Gasteiger partial charge in [-0.1, -0.05) is 23.2 Å². The molecule has 7 heteroatoms. The molecule has 1 saturated heterocycles. The highest BCUT2D eigenvalue weighted by atomic mass is 35.5. The Hall–Kier alpha value is -1.72. The van der Waals surface area contributed by atoms with Gasteiger partial charge in [0.05, 0.1) is 22.1 Å². The number of halogens is 2. The fourth-order valence-electron chi connectivity index (χ4n) is 2.80. The summed E-state index contributed by atoms with van der Waals surface area (Å²) in [5.74, 6) is -0.0635. The summed E-state index contributed by atoms with van der Waals surface area (Å²) in [7, 11) is 0. The van der Waals surface area contributed by atoms with Crippen LogP contribution in [0.3, 0.4) is 0 Å². The van der Waals surface area contributed by atoms with Gasteiger partial charge in [0.1, 0.15) is 0 Å². The molecule has 0 radical (unpaired) electrons. The summed E-state index contributed by atoms with van der Waals surface area (Å²) in [5, 5.41) is 0.613. The summed E-state index contributed by atoms with van der Waals surface area (Å²) in [6, 6.07) is 3.31. The second kappa shape index (κ2) is 6.18. The standard InChI is InChI=1S/C15H16Cl2N4O/c16-12-6-10(7-13(17)14(12)18)15(22)21-4-1-2-11(21)8-20-5-3-19-9-20/h3,5-7,9,11H,1-2,4,8,18H2/t11-/m1/s1. The van der Waals surface area contributed by atoms with Crippen molar-refractivity contribution in [3.8, 4) is 0 Å². The zero-order valence-corrected chi connectivity index (χ0v) is 13.4. The lowest BCUT2D eigenvalue weighted by Gasteiger charge is -2.25. The molecule has 1 aliphatic heterocycles. The van der Waals surface area contributed by atoms with Crippen LogP contribution in [0.15, 0.2) is 30.9 Å². The third-order valence-corrected chi connectivity index (χ3v) is 4.57. The van der Waals surface area contributed by atoms with Crippen LogP contribution in [0.25, 0.3) is 0 Å². The molecule has 5 nitrogen and oxygen atoms in total. The van der Waals surface area contributed by atoms with Crippen LogP contribution in [0.2, 0.25) is 10.0 Å². The number of carbonyl (C=O) groups is 1. The molecule has 0 bridgehead atoms. The molecule has 2 N–H and O–H groups in total. The van der Waals surface area contributed by atoms with E-state index in [4.69, 9.17) is 28.9 Å². The number of carbonyl (C=O) groups excluding carboxylic acids is 1. The molecule has 0 aliphatic carbocycles. The summed E-state index contributed by atoms with van der Waals surface area (Å²) >= 11 is 12.1. The topological polar surface area (TPSA) is 64.2 Å². The number of aromatic nitrogens is 2. The molecule has 1 aromatic carbocycles. The van der Waals surface area contributed by atoms with Gasteiger partial charge in [-0.05, 0) is 25.0 Å². The summed E-state index contributed by atoms with van der Waals surface area (Å²) in [4.78, 5) is 18.7. The molecule has 0 unspecified atom stereocenters. The van der Waals surface area contributed by atoms with Crippen LogP contribution < -0.4 is 5.73 Å². The minimum Gasteiger partial charge on any atom is -0.396 e. The summed E-state index contributed by atoms with van der Waals surface area (Å²) in [6.45, 7) is 1.47. The first kappa shape index (κ1) is 15.2. The number of nitrogens with two attached hydrogens (primary N) is 1. The molecule has 22 heavy (non-hydrogen) atoms. The normalized spacial score (nSPS) is 17.9. The highest BCUT2D eigenvalue weighted by Crippen LogP contribution is 2.30. The van der Waals surface area contributed by atoms with Crippen molar-refractivity contribution >= 4 is 34.8 Å². The quantitative estimate of drug-likeness (QED) is 0.874. The number of anilines is 1. The SMILES string of the molecule is Nc1c(Cl)cc(C(=O)N2CCC[C@@H]2Cn2ccnc2)cc1Cl. The predicted molar refractivity (Wildman–Crippen MR) is 87.2 cm³/mol. The molecule has 2 heterocycles. The Balaban J connectivity index is 1.81. The Morgan fingerprint density at radius 3 is 2.73 bits per heavy atom. The van der Waals surface area contributed by atoms with Crippen LogP contribution in [-0.2, 0) is 6.54 Å². The van der Waals surface area contributed by atoms with Crippen molar-refractivity contribution < 1.29 is 4.79 Å². The number of imidazole rings is 1. The van der Waals surface area contributed by atoms with Gasteiger partial charge in [-0.2, -0.15) is 0 Å². The van der Waals surface area contributed by atoms with E-state index in [9.17, 15) is 4.79 Å².